The van der Waals surface area contributed by atoms with Crippen molar-refractivity contribution in [2.45, 2.75) is 6.92 Å². The van der Waals surface area contributed by atoms with Crippen LogP contribution in [-0.2, 0) is 0 Å². The molecule has 0 saturated heterocycles. The van der Waals surface area contributed by atoms with Crippen molar-refractivity contribution >= 4 is 60.7 Å². The molecule has 0 aliphatic rings. The van der Waals surface area contributed by atoms with Crippen LogP contribution in [0.15, 0.2) is 72.7 Å². The third-order valence-corrected chi connectivity index (χ3v) is 5.55. The van der Waals surface area contributed by atoms with Gasteiger partial charge in [0.2, 0.25) is 5.13 Å². The number of nitrogens with zero attached hydrogens (tertiary/aromatic N) is 2. The van der Waals surface area contributed by atoms with Crippen LogP contribution in [0.3, 0.4) is 0 Å². The summed E-state index contributed by atoms with van der Waals surface area (Å²) in [7, 11) is 0. The van der Waals surface area contributed by atoms with Gasteiger partial charge in [0.25, 0.3) is 0 Å². The molecular weight excluding hydrogens is 462 g/mol. The van der Waals surface area contributed by atoms with E-state index in [4.69, 9.17) is 16.0 Å². The summed E-state index contributed by atoms with van der Waals surface area (Å²) in [5.41, 5.74) is 5.75. The van der Waals surface area contributed by atoms with Gasteiger partial charge in [-0.2, -0.15) is 5.10 Å². The van der Waals surface area contributed by atoms with Gasteiger partial charge in [-0.05, 0) is 42.8 Å². The molecule has 2 aromatic carbocycles. The Kier molecular flexibility index (Phi) is 5.30. The fourth-order valence-corrected chi connectivity index (χ4v) is 3.72. The maximum absolute atomic E-state index is 12.4. The lowest BCUT2D eigenvalue weighted by Gasteiger charge is -2.02. The number of hydrazone groups is 1. The number of thiazole rings is 1. The van der Waals surface area contributed by atoms with Crippen LogP contribution in [0.2, 0.25) is 5.02 Å². The number of benzene rings is 2. The zero-order chi connectivity index (χ0) is 19.7. The van der Waals surface area contributed by atoms with Gasteiger partial charge in [-0.25, -0.2) is 9.78 Å². The van der Waals surface area contributed by atoms with Crippen molar-refractivity contribution in [2.75, 3.05) is 5.43 Å². The monoisotopic (exact) mass is 473 g/mol. The van der Waals surface area contributed by atoms with E-state index in [0.29, 0.717) is 27.0 Å². The van der Waals surface area contributed by atoms with Crippen LogP contribution in [-0.4, -0.2) is 10.7 Å². The maximum Gasteiger partial charge on any atom is 0.345 e. The molecule has 140 valence electrons. The van der Waals surface area contributed by atoms with Crippen molar-refractivity contribution in [1.82, 2.24) is 4.98 Å². The Morgan fingerprint density at radius 1 is 1.21 bits per heavy atom. The molecule has 2 heterocycles. The Morgan fingerprint density at radius 3 is 2.79 bits per heavy atom. The van der Waals surface area contributed by atoms with Crippen LogP contribution in [0.4, 0.5) is 5.13 Å². The number of hydrogen-bond donors (Lipinski definition) is 1. The Balaban J connectivity index is 1.59. The van der Waals surface area contributed by atoms with E-state index in [-0.39, 0.29) is 0 Å². The van der Waals surface area contributed by atoms with Crippen molar-refractivity contribution in [3.8, 4) is 11.3 Å². The molecule has 0 bridgehead atoms. The van der Waals surface area contributed by atoms with Crippen LogP contribution < -0.4 is 11.1 Å². The lowest BCUT2D eigenvalue weighted by molar-refractivity contribution is 0.563. The quantitative estimate of drug-likeness (QED) is 0.218. The average Bonchev–Trinajstić information content (AvgIpc) is 3.15. The van der Waals surface area contributed by atoms with Gasteiger partial charge in [0.15, 0.2) is 0 Å². The number of fused-ring (bicyclic) bond motifs is 1. The number of aromatic nitrogens is 1. The van der Waals surface area contributed by atoms with Gasteiger partial charge in [-0.1, -0.05) is 45.7 Å². The van der Waals surface area contributed by atoms with Gasteiger partial charge in [-0.15, -0.1) is 11.3 Å². The molecule has 0 saturated carbocycles. The summed E-state index contributed by atoms with van der Waals surface area (Å²) in [6.45, 7) is 1.89. The summed E-state index contributed by atoms with van der Waals surface area (Å²) >= 11 is 10.6. The molecule has 0 amide bonds. The van der Waals surface area contributed by atoms with Gasteiger partial charge in [0.1, 0.15) is 5.58 Å². The van der Waals surface area contributed by atoms with Crippen molar-refractivity contribution in [1.29, 1.82) is 0 Å². The van der Waals surface area contributed by atoms with E-state index in [1.807, 2.05) is 43.3 Å². The van der Waals surface area contributed by atoms with Crippen molar-refractivity contribution in [2.24, 2.45) is 5.10 Å². The van der Waals surface area contributed by atoms with Gasteiger partial charge in [-0.3, -0.25) is 5.43 Å². The summed E-state index contributed by atoms with van der Waals surface area (Å²) in [5, 5.41) is 8.24. The first-order valence-electron chi connectivity index (χ1n) is 8.25. The first kappa shape index (κ1) is 18.9. The second kappa shape index (κ2) is 7.87. The number of halogens is 2. The molecule has 0 aliphatic carbocycles. The molecule has 0 radical (unpaired) electrons. The normalized spacial score (nSPS) is 11.8. The van der Waals surface area contributed by atoms with Crippen molar-refractivity contribution < 1.29 is 4.42 Å². The fraction of sp³-hybridized carbons (Fsp3) is 0.0500. The highest BCUT2D eigenvalue weighted by Crippen LogP contribution is 2.26. The van der Waals surface area contributed by atoms with Crippen LogP contribution in [0.5, 0.6) is 0 Å². The molecule has 0 unspecified atom stereocenters. The third-order valence-electron chi connectivity index (χ3n) is 4.06. The minimum Gasteiger partial charge on any atom is -0.422 e. The molecule has 2 aromatic heterocycles. The molecule has 5 nitrogen and oxygen atoms in total. The van der Waals surface area contributed by atoms with Gasteiger partial charge in [0.05, 0.1) is 17.0 Å². The molecular formula is C20H13BrClN3O2S. The van der Waals surface area contributed by atoms with E-state index < -0.39 is 5.63 Å². The predicted molar refractivity (Wildman–Crippen MR) is 119 cm³/mol. The van der Waals surface area contributed by atoms with Crippen molar-refractivity contribution in [3.05, 3.63) is 79.4 Å². The van der Waals surface area contributed by atoms with Crippen LogP contribution in [0.1, 0.15) is 12.5 Å². The van der Waals surface area contributed by atoms with E-state index in [9.17, 15) is 4.79 Å². The fourth-order valence-electron chi connectivity index (χ4n) is 2.60. The maximum atomic E-state index is 12.4. The largest absolute Gasteiger partial charge is 0.422 e. The summed E-state index contributed by atoms with van der Waals surface area (Å²) in [5.74, 6) is 0. The summed E-state index contributed by atoms with van der Waals surface area (Å²) < 4.78 is 6.28. The molecule has 8 heteroatoms. The van der Waals surface area contributed by atoms with E-state index in [2.05, 4.69) is 31.4 Å². The van der Waals surface area contributed by atoms with Crippen LogP contribution in [0, 0.1) is 0 Å². The summed E-state index contributed by atoms with van der Waals surface area (Å²) in [4.78, 5) is 16.8. The first-order valence-corrected chi connectivity index (χ1v) is 10.3. The minimum absolute atomic E-state index is 0.414. The lowest BCUT2D eigenvalue weighted by Crippen LogP contribution is -2.03. The lowest BCUT2D eigenvalue weighted by atomic mass is 10.1. The molecule has 4 rings (SSSR count). The Morgan fingerprint density at radius 2 is 2.00 bits per heavy atom. The Bertz CT molecular complexity index is 1250. The SMILES string of the molecule is C/C(=N\Nc1nc(-c2cc3ccc(Br)cc3oc2=O)cs1)c1ccc(Cl)cc1. The standard InChI is InChI=1S/C20H13BrClN3O2S/c1-11(12-3-6-15(22)7-4-12)24-25-20-23-17(10-28-20)16-8-13-2-5-14(21)9-18(13)27-19(16)26/h2-10H,1H3,(H,23,25)/b24-11+. The highest BCUT2D eigenvalue weighted by atomic mass is 79.9. The molecule has 0 aliphatic heterocycles. The predicted octanol–water partition coefficient (Wildman–Crippen LogP) is 6.17. The number of nitrogens with one attached hydrogen (secondary N) is 1. The molecule has 0 spiro atoms. The smallest absolute Gasteiger partial charge is 0.345 e. The van der Waals surface area contributed by atoms with E-state index >= 15 is 0 Å². The second-order valence-corrected chi connectivity index (χ2v) is 8.19. The molecule has 0 atom stereocenters. The number of rotatable bonds is 4. The van der Waals surface area contributed by atoms with E-state index in [1.165, 1.54) is 11.3 Å². The third kappa shape index (κ3) is 4.01. The zero-order valence-electron chi connectivity index (χ0n) is 14.6. The highest BCUT2D eigenvalue weighted by molar-refractivity contribution is 9.10. The van der Waals surface area contributed by atoms with Crippen LogP contribution >= 0.6 is 38.9 Å². The molecule has 28 heavy (non-hydrogen) atoms. The van der Waals surface area contributed by atoms with Crippen molar-refractivity contribution in [3.63, 3.8) is 0 Å². The second-order valence-electron chi connectivity index (χ2n) is 5.98. The number of anilines is 1. The summed E-state index contributed by atoms with van der Waals surface area (Å²) in [6.07, 6.45) is 0. The Hall–Kier alpha value is -2.48. The first-order chi connectivity index (χ1) is 13.5. The molecule has 1 N–H and O–H groups in total. The topological polar surface area (TPSA) is 67.5 Å². The van der Waals surface area contributed by atoms with E-state index in [1.54, 1.807) is 17.5 Å². The Labute approximate surface area is 177 Å². The van der Waals surface area contributed by atoms with E-state index in [0.717, 1.165) is 21.1 Å². The minimum atomic E-state index is -0.428. The zero-order valence-corrected chi connectivity index (χ0v) is 17.7. The van der Waals surface area contributed by atoms with Crippen LogP contribution in [0.25, 0.3) is 22.2 Å². The summed E-state index contributed by atoms with van der Waals surface area (Å²) in [6, 6.07) is 14.8. The highest BCUT2D eigenvalue weighted by Gasteiger charge is 2.12. The number of hydrogen-bond acceptors (Lipinski definition) is 6. The van der Waals surface area contributed by atoms with Gasteiger partial charge < -0.3 is 4.42 Å². The van der Waals surface area contributed by atoms with Gasteiger partial charge >= 0.3 is 5.63 Å². The molecule has 0 fully saturated rings. The molecule has 4 aromatic rings. The van der Waals surface area contributed by atoms with Gasteiger partial charge in [0, 0.05) is 20.3 Å². The average molecular weight is 475 g/mol.